The molecular formula is C52H88N2O41. The van der Waals surface area contributed by atoms with E-state index >= 15 is 0 Å². The Morgan fingerprint density at radius 1 is 0.274 bits per heavy atom. The van der Waals surface area contributed by atoms with Crippen LogP contribution in [-0.2, 0) is 80.6 Å². The van der Waals surface area contributed by atoms with Crippen molar-refractivity contribution in [2.45, 2.75) is 259 Å². The first-order valence-corrected chi connectivity index (χ1v) is 30.1. The summed E-state index contributed by atoms with van der Waals surface area (Å²) in [4.78, 5) is 25.1. The smallest absolute Gasteiger partial charge is 0.217 e. The molecule has 0 aromatic rings. The Labute approximate surface area is 536 Å². The number of ether oxygens (including phenoxy) is 15. The number of aliphatic hydroxyl groups is 24. The normalized spacial score (nSPS) is 50.8. The second-order valence-electron chi connectivity index (χ2n) is 23.9. The van der Waals surface area contributed by atoms with Crippen molar-refractivity contribution in [3.63, 3.8) is 0 Å². The van der Waals surface area contributed by atoms with Crippen LogP contribution in [0.2, 0.25) is 0 Å². The van der Waals surface area contributed by atoms with E-state index in [0.717, 1.165) is 13.8 Å². The highest BCUT2D eigenvalue weighted by atomic mass is 16.8. The van der Waals surface area contributed by atoms with Crippen molar-refractivity contribution >= 4 is 11.8 Å². The fourth-order valence-electron chi connectivity index (χ4n) is 12.2. The molecule has 43 nitrogen and oxygen atoms in total. The summed E-state index contributed by atoms with van der Waals surface area (Å²) in [5, 5.41) is 264. The largest absolute Gasteiger partial charge is 0.394 e. The highest BCUT2D eigenvalue weighted by Gasteiger charge is 2.59. The Hall–Kier alpha value is -2.62. The minimum Gasteiger partial charge on any atom is -0.394 e. The van der Waals surface area contributed by atoms with E-state index in [0.29, 0.717) is 0 Å². The molecule has 552 valence electrons. The zero-order chi connectivity index (χ0) is 69.9. The number of carbonyl (C=O) groups excluding carboxylic acids is 2. The summed E-state index contributed by atoms with van der Waals surface area (Å²) in [6, 6.07) is -3.52. The molecule has 0 saturated carbocycles. The summed E-state index contributed by atoms with van der Waals surface area (Å²) in [7, 11) is 0. The van der Waals surface area contributed by atoms with Crippen LogP contribution < -0.4 is 10.6 Å². The molecule has 26 N–H and O–H groups in total. The van der Waals surface area contributed by atoms with Crippen LogP contribution in [0.15, 0.2) is 0 Å². The van der Waals surface area contributed by atoms with E-state index in [1.807, 2.05) is 0 Å². The summed E-state index contributed by atoms with van der Waals surface area (Å²) in [6.45, 7) is -5.95. The summed E-state index contributed by atoms with van der Waals surface area (Å²) < 4.78 is 85.0. The van der Waals surface area contributed by atoms with E-state index in [4.69, 9.17) is 71.1 Å². The maximum absolute atomic E-state index is 12.7. The molecule has 0 aromatic carbocycles. The molecule has 8 saturated heterocycles. The molecule has 2 amide bonds. The van der Waals surface area contributed by atoms with Gasteiger partial charge in [0.2, 0.25) is 11.8 Å². The van der Waals surface area contributed by atoms with E-state index < -0.39 is 310 Å². The molecule has 0 radical (unpaired) electrons. The minimum absolute atomic E-state index is 0.854. The Bertz CT molecular complexity index is 2380. The van der Waals surface area contributed by atoms with Crippen LogP contribution in [0.3, 0.4) is 0 Å². The lowest BCUT2D eigenvalue weighted by Gasteiger charge is -2.50. The predicted octanol–water partition coefficient (Wildman–Crippen LogP) is -18.2. The van der Waals surface area contributed by atoms with Gasteiger partial charge in [-0.2, -0.15) is 0 Å². The Kier molecular flexibility index (Phi) is 27.9. The van der Waals surface area contributed by atoms with Crippen LogP contribution >= 0.6 is 0 Å². The quantitative estimate of drug-likeness (QED) is 0.0427. The van der Waals surface area contributed by atoms with Gasteiger partial charge in [0.25, 0.3) is 0 Å². The van der Waals surface area contributed by atoms with Gasteiger partial charge in [-0.05, 0) is 0 Å². The molecule has 1 unspecified atom stereocenters. The van der Waals surface area contributed by atoms with Crippen molar-refractivity contribution in [1.82, 2.24) is 10.6 Å². The lowest BCUT2D eigenvalue weighted by atomic mass is 9.94. The molecule has 0 spiro atoms. The highest BCUT2D eigenvalue weighted by Crippen LogP contribution is 2.38. The van der Waals surface area contributed by atoms with Crippen molar-refractivity contribution in [1.29, 1.82) is 0 Å². The summed E-state index contributed by atoms with van der Waals surface area (Å²) >= 11 is 0. The molecule has 8 aliphatic heterocycles. The molecule has 0 aromatic heterocycles. The van der Waals surface area contributed by atoms with Crippen LogP contribution in [0.4, 0.5) is 0 Å². The number of carbonyl (C=O) groups is 2. The van der Waals surface area contributed by atoms with Crippen molar-refractivity contribution in [2.75, 3.05) is 52.9 Å². The molecule has 0 bridgehead atoms. The third-order valence-corrected chi connectivity index (χ3v) is 17.4. The van der Waals surface area contributed by atoms with Crippen molar-refractivity contribution in [3.8, 4) is 0 Å². The fourth-order valence-corrected chi connectivity index (χ4v) is 12.2. The highest BCUT2D eigenvalue weighted by molar-refractivity contribution is 5.73. The number of rotatable bonds is 24. The molecule has 8 rings (SSSR count). The first kappa shape index (κ1) is 78.1. The lowest BCUT2D eigenvalue weighted by molar-refractivity contribution is -0.388. The van der Waals surface area contributed by atoms with Gasteiger partial charge < -0.3 is 204 Å². The van der Waals surface area contributed by atoms with Crippen LogP contribution in [0.5, 0.6) is 0 Å². The predicted molar refractivity (Wildman–Crippen MR) is 288 cm³/mol. The zero-order valence-corrected chi connectivity index (χ0v) is 50.4. The van der Waals surface area contributed by atoms with E-state index in [1.54, 1.807) is 0 Å². The van der Waals surface area contributed by atoms with Crippen LogP contribution in [0.25, 0.3) is 0 Å². The van der Waals surface area contributed by atoms with Crippen LogP contribution in [-0.4, -0.2) is 433 Å². The van der Waals surface area contributed by atoms with Gasteiger partial charge in [0.1, 0.15) is 195 Å². The van der Waals surface area contributed by atoms with Gasteiger partial charge in [0.15, 0.2) is 50.3 Å². The van der Waals surface area contributed by atoms with Crippen LogP contribution in [0.1, 0.15) is 13.8 Å². The molecular weight excluding hydrogens is 1310 g/mol. The van der Waals surface area contributed by atoms with Crippen molar-refractivity contribution in [3.05, 3.63) is 0 Å². The fraction of sp³-hybridized carbons (Fsp3) is 0.962. The minimum atomic E-state index is -2.29. The Morgan fingerprint density at radius 3 is 0.905 bits per heavy atom. The van der Waals surface area contributed by atoms with Gasteiger partial charge in [0.05, 0.1) is 52.9 Å². The summed E-state index contributed by atoms with van der Waals surface area (Å²) in [6.07, 6.45) is -74.4. The third kappa shape index (κ3) is 16.8. The van der Waals surface area contributed by atoms with Crippen LogP contribution in [0, 0.1) is 0 Å². The van der Waals surface area contributed by atoms with E-state index in [2.05, 4.69) is 10.6 Å². The van der Waals surface area contributed by atoms with E-state index in [9.17, 15) is 132 Å². The number of hydrogen-bond donors (Lipinski definition) is 26. The summed E-state index contributed by atoms with van der Waals surface area (Å²) in [5.74, 6) is -1.72. The molecule has 95 heavy (non-hydrogen) atoms. The number of amides is 2. The molecule has 0 aliphatic carbocycles. The van der Waals surface area contributed by atoms with Crippen molar-refractivity contribution < 1.29 is 203 Å². The average Bonchev–Trinajstić information content (AvgIpc) is 0.784. The zero-order valence-electron chi connectivity index (χ0n) is 50.4. The second-order valence-corrected chi connectivity index (χ2v) is 23.9. The van der Waals surface area contributed by atoms with Gasteiger partial charge in [-0.25, -0.2) is 0 Å². The topological polar surface area (TPSA) is 682 Å². The maximum atomic E-state index is 12.7. The second kappa shape index (κ2) is 33.9. The van der Waals surface area contributed by atoms with Gasteiger partial charge in [-0.1, -0.05) is 0 Å². The molecule has 43 heteroatoms. The first-order chi connectivity index (χ1) is 45.0. The van der Waals surface area contributed by atoms with Crippen molar-refractivity contribution in [2.24, 2.45) is 0 Å². The van der Waals surface area contributed by atoms with Gasteiger partial charge >= 0.3 is 0 Å². The van der Waals surface area contributed by atoms with Gasteiger partial charge in [-0.15, -0.1) is 0 Å². The average molecular weight is 1400 g/mol. The number of aliphatic hydroxyl groups excluding tert-OH is 24. The van der Waals surface area contributed by atoms with E-state index in [-0.39, 0.29) is 0 Å². The molecule has 40 atom stereocenters. The Balaban J connectivity index is 0.918. The third-order valence-electron chi connectivity index (χ3n) is 17.4. The standard InChI is InChI=1S/C52H88N2O41/c1-11(62)53-21-28(69)39(90-49-35(76)31(72)40(18(8-60)88-49)91-51-37(78)43(25(66)15(5-57)85-51)94-47-33(74)29(70)23(64)13(3-55)83-47)17(7-59)87-46(21)81-10-20-27(68)42(22(45(80)82-20)54-12(2)63)93-50-36(77)32(73)41(19(9-61)89-50)92-52-38(79)44(26(67)16(6-58)86-52)95-48-34(75)30(71)24(65)14(4-56)84-48/h13-52,55-61,64-80H,3-10H2,1-2H3,(H,53,62)(H,54,63)/t13-,14-,15-,16-,17-,18-,19-,20-,21-,22-,23+,24+,25+,26+,27+,28-,29+,30+,31-,32-,33-,34-,35-,36-,37-,38-,39-,40+,41+,42-,43+,44+,45?,46-,47-,48-,49+,50+,51-,52-/m1/s1. The monoisotopic (exact) mass is 1400 g/mol. The Morgan fingerprint density at radius 2 is 0.547 bits per heavy atom. The maximum Gasteiger partial charge on any atom is 0.217 e. The summed E-state index contributed by atoms with van der Waals surface area (Å²) in [5.41, 5.74) is 0. The number of nitrogens with one attached hydrogen (secondary N) is 2. The molecule has 8 fully saturated rings. The lowest BCUT2D eigenvalue weighted by Crippen LogP contribution is -2.69. The molecule has 8 aliphatic rings. The number of hydrogen-bond acceptors (Lipinski definition) is 41. The van der Waals surface area contributed by atoms with Gasteiger partial charge in [0, 0.05) is 13.8 Å². The van der Waals surface area contributed by atoms with Gasteiger partial charge in [-0.3, -0.25) is 9.59 Å². The van der Waals surface area contributed by atoms with E-state index in [1.165, 1.54) is 0 Å². The molecule has 8 heterocycles. The first-order valence-electron chi connectivity index (χ1n) is 30.1. The SMILES string of the molecule is CC(=O)N[C@H]1[C@H](OC[C@H]2OC(O)[C@H](NC(C)=O)[C@@H](O[C@@H]3O[C@H](CO)[C@H](O[C@H]4O[C@H](CO)[C@H](O)[C@H](O[C@H]5O[C@H](CO)[C@H](O)[C@H](O)[C@H]5O)[C@H]4O)[C@H](O)[C@H]3O)[C@H]2O)O[C@H](CO)[C@@H](O[C@@H]2O[C@H](CO)[C@H](O[C@H]3O[C@H](CO)[C@H](O)[C@H](O[C@H]4O[C@H](CO)[C@H](O)[C@H](O)[C@H]4O)[C@H]3O)[C@H](O)[C@H]2O)[C@@H]1O.